The fourth-order valence-corrected chi connectivity index (χ4v) is 1.07. The van der Waals surface area contributed by atoms with Gasteiger partial charge in [0.05, 0.1) is 7.11 Å². The van der Waals surface area contributed by atoms with Gasteiger partial charge in [0.25, 0.3) is 0 Å². The van der Waals surface area contributed by atoms with Gasteiger partial charge in [0, 0.05) is 0 Å². The van der Waals surface area contributed by atoms with Crippen LogP contribution in [0.4, 0.5) is 0 Å². The molecule has 1 unspecified atom stereocenters. The predicted molar refractivity (Wildman–Crippen MR) is 50.5 cm³/mol. The van der Waals surface area contributed by atoms with Crippen LogP contribution in [0.5, 0.6) is 0 Å². The van der Waals surface area contributed by atoms with Gasteiger partial charge in [-0.15, -0.1) is 0 Å². The second kappa shape index (κ2) is 6.37. The molecule has 1 amide bonds. The molecule has 0 aromatic heterocycles. The SMILES string of the molecule is COC(=O)C(CC(C)C)NC(=O)CO. The van der Waals surface area contributed by atoms with Crippen molar-refractivity contribution in [2.24, 2.45) is 5.92 Å². The third-order valence-corrected chi connectivity index (χ3v) is 1.67. The summed E-state index contributed by atoms with van der Waals surface area (Å²) < 4.78 is 4.52. The number of hydrogen-bond acceptors (Lipinski definition) is 4. The van der Waals surface area contributed by atoms with E-state index < -0.39 is 24.5 Å². The van der Waals surface area contributed by atoms with Crippen LogP contribution in [0.25, 0.3) is 0 Å². The highest BCUT2D eigenvalue weighted by Gasteiger charge is 2.21. The summed E-state index contributed by atoms with van der Waals surface area (Å²) in [5.41, 5.74) is 0. The van der Waals surface area contributed by atoms with Crippen LogP contribution in [-0.4, -0.2) is 36.7 Å². The summed E-state index contributed by atoms with van der Waals surface area (Å²) in [4.78, 5) is 22.0. The monoisotopic (exact) mass is 203 g/mol. The Kier molecular flexibility index (Phi) is 5.87. The van der Waals surface area contributed by atoms with E-state index >= 15 is 0 Å². The van der Waals surface area contributed by atoms with Crippen LogP contribution < -0.4 is 5.32 Å². The molecular formula is C9H17NO4. The Balaban J connectivity index is 4.24. The van der Waals surface area contributed by atoms with Gasteiger partial charge in [0.15, 0.2) is 0 Å². The zero-order valence-corrected chi connectivity index (χ0v) is 8.74. The summed E-state index contributed by atoms with van der Waals surface area (Å²) in [6.45, 7) is 3.24. The maximum absolute atomic E-state index is 11.2. The lowest BCUT2D eigenvalue weighted by molar-refractivity contribution is -0.145. The van der Waals surface area contributed by atoms with Gasteiger partial charge < -0.3 is 15.2 Å². The lowest BCUT2D eigenvalue weighted by Gasteiger charge is -2.17. The first-order valence-electron chi connectivity index (χ1n) is 4.49. The highest BCUT2D eigenvalue weighted by atomic mass is 16.5. The molecule has 1 atom stereocenters. The first-order valence-corrected chi connectivity index (χ1v) is 4.49. The van der Waals surface area contributed by atoms with Crippen LogP contribution in [-0.2, 0) is 14.3 Å². The van der Waals surface area contributed by atoms with Crippen LogP contribution in [0.15, 0.2) is 0 Å². The van der Waals surface area contributed by atoms with Gasteiger partial charge in [0.1, 0.15) is 12.6 Å². The van der Waals surface area contributed by atoms with E-state index in [4.69, 9.17) is 5.11 Å². The van der Waals surface area contributed by atoms with E-state index in [1.807, 2.05) is 13.8 Å². The maximum atomic E-state index is 11.2. The van der Waals surface area contributed by atoms with Crippen molar-refractivity contribution in [2.75, 3.05) is 13.7 Å². The van der Waals surface area contributed by atoms with Crippen LogP contribution >= 0.6 is 0 Å². The summed E-state index contributed by atoms with van der Waals surface area (Å²) in [5.74, 6) is -0.792. The van der Waals surface area contributed by atoms with Gasteiger partial charge in [-0.3, -0.25) is 4.79 Å². The average Bonchev–Trinajstić information content (AvgIpc) is 2.14. The number of carbonyl (C=O) groups excluding carboxylic acids is 2. The summed E-state index contributed by atoms with van der Waals surface area (Å²) in [5, 5.41) is 10.9. The Labute approximate surface area is 83.4 Å². The number of rotatable bonds is 5. The molecule has 0 rings (SSSR count). The van der Waals surface area contributed by atoms with E-state index in [2.05, 4.69) is 10.1 Å². The molecule has 82 valence electrons. The summed E-state index contributed by atoms with van der Waals surface area (Å²) in [6, 6.07) is -0.667. The van der Waals surface area contributed by atoms with E-state index in [9.17, 15) is 9.59 Å². The summed E-state index contributed by atoms with van der Waals surface area (Å²) in [7, 11) is 1.26. The second-order valence-electron chi connectivity index (χ2n) is 3.43. The lowest BCUT2D eigenvalue weighted by atomic mass is 10.0. The summed E-state index contributed by atoms with van der Waals surface area (Å²) in [6.07, 6.45) is 0.498. The molecule has 0 fully saturated rings. The number of nitrogens with one attached hydrogen (secondary N) is 1. The number of methoxy groups -OCH3 is 1. The molecule has 0 saturated heterocycles. The predicted octanol–water partition coefficient (Wildman–Crippen LogP) is -0.317. The number of aliphatic hydroxyl groups excluding tert-OH is 1. The molecule has 14 heavy (non-hydrogen) atoms. The van der Waals surface area contributed by atoms with E-state index in [1.165, 1.54) is 7.11 Å². The number of aliphatic hydroxyl groups is 1. The molecule has 0 aromatic rings. The Hall–Kier alpha value is -1.10. The zero-order valence-electron chi connectivity index (χ0n) is 8.74. The topological polar surface area (TPSA) is 75.6 Å². The highest BCUT2D eigenvalue weighted by Crippen LogP contribution is 2.05. The Morgan fingerprint density at radius 2 is 2.00 bits per heavy atom. The normalized spacial score (nSPS) is 12.4. The van der Waals surface area contributed by atoms with Crippen molar-refractivity contribution in [2.45, 2.75) is 26.3 Å². The van der Waals surface area contributed by atoms with Gasteiger partial charge in [-0.1, -0.05) is 13.8 Å². The molecular weight excluding hydrogens is 186 g/mol. The molecule has 0 bridgehead atoms. The fourth-order valence-electron chi connectivity index (χ4n) is 1.07. The van der Waals surface area contributed by atoms with Gasteiger partial charge >= 0.3 is 5.97 Å². The molecule has 5 heteroatoms. The zero-order chi connectivity index (χ0) is 11.1. The third-order valence-electron chi connectivity index (χ3n) is 1.67. The van der Waals surface area contributed by atoms with Crippen molar-refractivity contribution in [3.05, 3.63) is 0 Å². The Bertz CT molecular complexity index is 203. The minimum atomic E-state index is -0.667. The Morgan fingerprint density at radius 1 is 1.43 bits per heavy atom. The van der Waals surface area contributed by atoms with E-state index in [0.29, 0.717) is 6.42 Å². The molecule has 0 heterocycles. The minimum Gasteiger partial charge on any atom is -0.467 e. The fraction of sp³-hybridized carbons (Fsp3) is 0.778. The van der Waals surface area contributed by atoms with Crippen LogP contribution in [0.2, 0.25) is 0 Å². The van der Waals surface area contributed by atoms with Crippen molar-refractivity contribution < 1.29 is 19.4 Å². The quantitative estimate of drug-likeness (QED) is 0.601. The second-order valence-corrected chi connectivity index (χ2v) is 3.43. The van der Waals surface area contributed by atoms with Crippen LogP contribution in [0.1, 0.15) is 20.3 Å². The smallest absolute Gasteiger partial charge is 0.328 e. The van der Waals surface area contributed by atoms with Crippen molar-refractivity contribution in [3.8, 4) is 0 Å². The molecule has 2 N–H and O–H groups in total. The standard InChI is InChI=1S/C9H17NO4/c1-6(2)4-7(9(13)14-3)10-8(12)5-11/h6-7,11H,4-5H2,1-3H3,(H,10,12). The van der Waals surface area contributed by atoms with E-state index in [-0.39, 0.29) is 5.92 Å². The molecule has 0 spiro atoms. The minimum absolute atomic E-state index is 0.262. The van der Waals surface area contributed by atoms with Crippen LogP contribution in [0.3, 0.4) is 0 Å². The number of esters is 1. The van der Waals surface area contributed by atoms with Gasteiger partial charge in [-0.05, 0) is 12.3 Å². The first-order chi connectivity index (χ1) is 6.51. The molecule has 0 aliphatic carbocycles. The molecule has 0 aromatic carbocycles. The van der Waals surface area contributed by atoms with Gasteiger partial charge in [-0.25, -0.2) is 4.79 Å². The van der Waals surface area contributed by atoms with Gasteiger partial charge in [-0.2, -0.15) is 0 Å². The van der Waals surface area contributed by atoms with E-state index in [1.54, 1.807) is 0 Å². The van der Waals surface area contributed by atoms with Gasteiger partial charge in [0.2, 0.25) is 5.91 Å². The molecule has 0 aliphatic heterocycles. The number of amides is 1. The van der Waals surface area contributed by atoms with Crippen LogP contribution in [0, 0.1) is 5.92 Å². The maximum Gasteiger partial charge on any atom is 0.328 e. The molecule has 0 radical (unpaired) electrons. The first kappa shape index (κ1) is 12.9. The van der Waals surface area contributed by atoms with Crippen molar-refractivity contribution >= 4 is 11.9 Å². The summed E-state index contributed by atoms with van der Waals surface area (Å²) >= 11 is 0. The molecule has 5 nitrogen and oxygen atoms in total. The van der Waals surface area contributed by atoms with Crippen molar-refractivity contribution in [3.63, 3.8) is 0 Å². The molecule has 0 aliphatic rings. The largest absolute Gasteiger partial charge is 0.467 e. The highest BCUT2D eigenvalue weighted by molar-refractivity contribution is 5.84. The van der Waals surface area contributed by atoms with E-state index in [0.717, 1.165) is 0 Å². The number of carbonyl (C=O) groups is 2. The molecule has 0 saturated carbocycles. The third kappa shape index (κ3) is 4.81. The van der Waals surface area contributed by atoms with Crippen molar-refractivity contribution in [1.29, 1.82) is 0 Å². The average molecular weight is 203 g/mol. The Morgan fingerprint density at radius 3 is 2.36 bits per heavy atom. The lowest BCUT2D eigenvalue weighted by Crippen LogP contribution is -2.43. The van der Waals surface area contributed by atoms with Crippen molar-refractivity contribution in [1.82, 2.24) is 5.32 Å². The number of ether oxygens (including phenoxy) is 1. The number of hydrogen-bond donors (Lipinski definition) is 2.